The molecule has 0 saturated carbocycles. The first-order valence-corrected chi connectivity index (χ1v) is 5.16. The van der Waals surface area contributed by atoms with E-state index in [1.54, 1.807) is 11.3 Å². The number of rotatable bonds is 2. The van der Waals surface area contributed by atoms with E-state index in [4.69, 9.17) is 11.6 Å². The Hall–Kier alpha value is -0.860. The number of carbonyl (C=O) groups excluding carboxylic acids is 1. The average molecular weight is 211 g/mol. The molecule has 13 heavy (non-hydrogen) atoms. The Balaban J connectivity index is 2.43. The van der Waals surface area contributed by atoms with Crippen LogP contribution in [0.25, 0.3) is 10.4 Å². The second-order valence-electron chi connectivity index (χ2n) is 2.78. The molecular weight excluding hydrogens is 204 g/mol. The predicted molar refractivity (Wildman–Crippen MR) is 55.5 cm³/mol. The quantitative estimate of drug-likeness (QED) is 0.696. The highest BCUT2D eigenvalue weighted by atomic mass is 35.5. The average Bonchev–Trinajstić information content (AvgIpc) is 2.48. The van der Waals surface area contributed by atoms with Gasteiger partial charge in [0.1, 0.15) is 0 Å². The highest BCUT2D eigenvalue weighted by Gasteiger charge is 2.10. The van der Waals surface area contributed by atoms with Crippen molar-refractivity contribution in [1.29, 1.82) is 0 Å². The van der Waals surface area contributed by atoms with Crippen molar-refractivity contribution in [3.05, 3.63) is 35.2 Å². The van der Waals surface area contributed by atoms with Gasteiger partial charge in [0.15, 0.2) is 0 Å². The lowest BCUT2D eigenvalue weighted by atomic mass is 10.1. The molecule has 2 aliphatic rings. The van der Waals surface area contributed by atoms with Gasteiger partial charge in [-0.3, -0.25) is 4.79 Å². The predicted octanol–water partition coefficient (Wildman–Crippen LogP) is 3.16. The van der Waals surface area contributed by atoms with Crippen molar-refractivity contribution in [3.63, 3.8) is 0 Å². The number of fused-ring (bicyclic) bond motifs is 1. The summed E-state index contributed by atoms with van der Waals surface area (Å²) in [6.45, 7) is 0. The van der Waals surface area contributed by atoms with Crippen molar-refractivity contribution in [3.8, 4) is 10.4 Å². The van der Waals surface area contributed by atoms with E-state index in [0.717, 1.165) is 11.1 Å². The van der Waals surface area contributed by atoms with E-state index < -0.39 is 0 Å². The van der Waals surface area contributed by atoms with E-state index in [9.17, 15) is 4.79 Å². The van der Waals surface area contributed by atoms with Crippen LogP contribution in [-0.2, 0) is 11.2 Å². The fourth-order valence-corrected chi connectivity index (χ4v) is 2.28. The summed E-state index contributed by atoms with van der Waals surface area (Å²) in [5.41, 5.74) is 2.16. The van der Waals surface area contributed by atoms with Gasteiger partial charge in [-0.15, -0.1) is 11.3 Å². The molecule has 0 aromatic carbocycles. The molecule has 3 heteroatoms. The van der Waals surface area contributed by atoms with Crippen molar-refractivity contribution in [2.75, 3.05) is 0 Å². The van der Waals surface area contributed by atoms with Crippen LogP contribution in [0.2, 0.25) is 0 Å². The molecule has 0 spiro atoms. The first kappa shape index (κ1) is 8.73. The van der Waals surface area contributed by atoms with Crippen molar-refractivity contribution in [2.24, 2.45) is 0 Å². The second-order valence-corrected chi connectivity index (χ2v) is 4.15. The minimum absolute atomic E-state index is 0.304. The minimum atomic E-state index is -0.304. The Bertz CT molecular complexity index is 407. The molecule has 1 aliphatic carbocycles. The summed E-state index contributed by atoms with van der Waals surface area (Å²) in [4.78, 5) is 11.9. The zero-order chi connectivity index (χ0) is 9.26. The van der Waals surface area contributed by atoms with Gasteiger partial charge >= 0.3 is 0 Å². The smallest absolute Gasteiger partial charge is 0.226 e. The van der Waals surface area contributed by atoms with E-state index in [1.165, 1.54) is 4.88 Å². The Morgan fingerprint density at radius 1 is 1.38 bits per heavy atom. The van der Waals surface area contributed by atoms with Crippen molar-refractivity contribution >= 4 is 28.2 Å². The van der Waals surface area contributed by atoms with Gasteiger partial charge in [-0.05, 0) is 34.2 Å². The summed E-state index contributed by atoms with van der Waals surface area (Å²) >= 11 is 7.00. The lowest BCUT2D eigenvalue weighted by molar-refractivity contribution is -0.111. The molecule has 0 amide bonds. The van der Waals surface area contributed by atoms with Gasteiger partial charge < -0.3 is 0 Å². The monoisotopic (exact) mass is 210 g/mol. The molecule has 0 saturated heterocycles. The van der Waals surface area contributed by atoms with Gasteiger partial charge in [0.05, 0.1) is 0 Å². The van der Waals surface area contributed by atoms with Crippen molar-refractivity contribution in [1.82, 2.24) is 0 Å². The van der Waals surface area contributed by atoms with Gasteiger partial charge in [-0.2, -0.15) is 0 Å². The lowest BCUT2D eigenvalue weighted by Crippen LogP contribution is -1.92. The zero-order valence-electron chi connectivity index (χ0n) is 6.79. The third-order valence-electron chi connectivity index (χ3n) is 1.91. The van der Waals surface area contributed by atoms with Crippen LogP contribution in [0.15, 0.2) is 29.6 Å². The summed E-state index contributed by atoms with van der Waals surface area (Å²) in [6.07, 6.45) is 0.321. The van der Waals surface area contributed by atoms with Gasteiger partial charge in [0, 0.05) is 11.3 Å². The summed E-state index contributed by atoms with van der Waals surface area (Å²) in [6, 6.07) is 7.98. The molecule has 0 aromatic heterocycles. The van der Waals surface area contributed by atoms with Gasteiger partial charge in [0.2, 0.25) is 5.24 Å². The van der Waals surface area contributed by atoms with Crippen LogP contribution in [0.1, 0.15) is 5.56 Å². The number of hydrogen-bond acceptors (Lipinski definition) is 2. The molecule has 0 bridgehead atoms. The van der Waals surface area contributed by atoms with Crippen LogP contribution in [-0.4, -0.2) is 5.24 Å². The highest BCUT2D eigenvalue weighted by molar-refractivity contribution is 7.13. The number of carbonyl (C=O) groups is 1. The molecular formula is C10H7ClOS. The third-order valence-corrected chi connectivity index (χ3v) is 2.95. The van der Waals surface area contributed by atoms with E-state index in [-0.39, 0.29) is 5.24 Å². The Labute approximate surface area is 85.3 Å². The molecule has 1 aliphatic heterocycles. The zero-order valence-corrected chi connectivity index (χ0v) is 8.36. The molecule has 0 unspecified atom stereocenters. The number of hydrogen-bond donors (Lipinski definition) is 0. The highest BCUT2D eigenvalue weighted by Crippen LogP contribution is 2.31. The summed E-state index contributed by atoms with van der Waals surface area (Å²) in [5, 5.41) is 1.72. The van der Waals surface area contributed by atoms with Gasteiger partial charge in [-0.1, -0.05) is 18.2 Å². The summed E-state index contributed by atoms with van der Waals surface area (Å²) in [7, 11) is 0. The molecule has 0 radical (unpaired) electrons. The standard InChI is InChI=1S/C10H7ClOS/c11-10(12)6-7-3-4-9-8(7)2-1-5-13-9/h1-5H,6H2. The van der Waals surface area contributed by atoms with Crippen LogP contribution in [0.5, 0.6) is 0 Å². The molecule has 66 valence electrons. The van der Waals surface area contributed by atoms with Crippen LogP contribution in [0.4, 0.5) is 0 Å². The largest absolute Gasteiger partial charge is 0.281 e. The summed E-state index contributed by atoms with van der Waals surface area (Å²) in [5.74, 6) is 0. The van der Waals surface area contributed by atoms with Crippen LogP contribution in [0, 0.1) is 0 Å². The normalized spacial score (nSPS) is 10.5. The molecule has 1 heterocycles. The van der Waals surface area contributed by atoms with Crippen LogP contribution >= 0.6 is 22.9 Å². The van der Waals surface area contributed by atoms with E-state index >= 15 is 0 Å². The Morgan fingerprint density at radius 3 is 3.00 bits per heavy atom. The van der Waals surface area contributed by atoms with Crippen LogP contribution < -0.4 is 0 Å². The minimum Gasteiger partial charge on any atom is -0.281 e. The molecule has 0 fully saturated rings. The molecule has 0 aromatic rings. The van der Waals surface area contributed by atoms with Crippen molar-refractivity contribution in [2.45, 2.75) is 6.42 Å². The number of halogens is 1. The first-order chi connectivity index (χ1) is 6.27. The molecule has 2 rings (SSSR count). The SMILES string of the molecule is O=C(Cl)Cc1ccc2scccc1-2. The first-order valence-electron chi connectivity index (χ1n) is 3.91. The van der Waals surface area contributed by atoms with E-state index in [0.29, 0.717) is 6.42 Å². The fourth-order valence-electron chi connectivity index (χ4n) is 1.36. The maximum absolute atomic E-state index is 10.7. The molecule has 0 N–H and O–H groups in total. The fraction of sp³-hybridized carbons (Fsp3) is 0.100. The maximum Gasteiger partial charge on any atom is 0.226 e. The second kappa shape index (κ2) is 3.48. The van der Waals surface area contributed by atoms with Crippen LogP contribution in [0.3, 0.4) is 0 Å². The lowest BCUT2D eigenvalue weighted by Gasteiger charge is -1.99. The van der Waals surface area contributed by atoms with Gasteiger partial charge in [-0.25, -0.2) is 0 Å². The Morgan fingerprint density at radius 2 is 2.23 bits per heavy atom. The third kappa shape index (κ3) is 1.74. The Kier molecular flexibility index (Phi) is 2.34. The van der Waals surface area contributed by atoms with E-state index in [1.807, 2.05) is 29.6 Å². The maximum atomic E-state index is 10.7. The van der Waals surface area contributed by atoms with E-state index in [2.05, 4.69) is 0 Å². The molecule has 1 nitrogen and oxygen atoms in total. The summed E-state index contributed by atoms with van der Waals surface area (Å²) < 4.78 is 0. The van der Waals surface area contributed by atoms with Crippen molar-refractivity contribution < 1.29 is 4.79 Å². The molecule has 0 atom stereocenters. The van der Waals surface area contributed by atoms with Gasteiger partial charge in [0.25, 0.3) is 0 Å². The topological polar surface area (TPSA) is 17.1 Å².